The topological polar surface area (TPSA) is 167 Å². The maximum Gasteiger partial charge on any atom is 0.0886 e. The first-order chi connectivity index (χ1) is 19.9. The molecule has 0 spiro atoms. The van der Waals surface area contributed by atoms with Gasteiger partial charge in [-0.2, -0.15) is 14.0 Å². The van der Waals surface area contributed by atoms with Crippen LogP contribution in [0.4, 0.5) is 0 Å². The van der Waals surface area contributed by atoms with Gasteiger partial charge in [-0.3, -0.25) is 29.9 Å². The number of nitrogens with zero attached hydrogens (tertiary/aromatic N) is 6. The smallest absolute Gasteiger partial charge is 0.0886 e. The third-order valence-corrected chi connectivity index (χ3v) is 4.78. The van der Waals surface area contributed by atoms with Gasteiger partial charge in [-0.25, -0.2) is 0 Å². The Morgan fingerprint density at radius 3 is 0.595 bits per heavy atom. The number of rotatable bonds is 3. The van der Waals surface area contributed by atoms with Crippen molar-refractivity contribution in [1.29, 1.82) is 0 Å². The van der Waals surface area contributed by atoms with E-state index in [-0.39, 0.29) is 17.1 Å². The third kappa shape index (κ3) is 13.8. The van der Waals surface area contributed by atoms with Gasteiger partial charge in [0.1, 0.15) is 0 Å². The molecule has 214 valence electrons. The largest absolute Gasteiger partial charge is 0.255 e. The second kappa shape index (κ2) is 18.8. The summed E-state index contributed by atoms with van der Waals surface area (Å²) in [6.45, 7) is 0. The maximum atomic E-state index is 8.60. The molecule has 0 bridgehead atoms. The van der Waals surface area contributed by atoms with Crippen molar-refractivity contribution in [1.82, 2.24) is 29.9 Å². The molecule has 0 aliphatic carbocycles. The van der Waals surface area contributed by atoms with Crippen molar-refractivity contribution in [2.45, 2.75) is 0 Å². The molecule has 0 saturated heterocycles. The molecule has 0 saturated carbocycles. The van der Waals surface area contributed by atoms with Gasteiger partial charge >= 0.3 is 0 Å². The predicted octanol–water partition coefficient (Wildman–Crippen LogP) is 2.30. The van der Waals surface area contributed by atoms with E-state index in [1.165, 1.54) is 0 Å². The van der Waals surface area contributed by atoms with E-state index in [2.05, 4.69) is 29.9 Å². The molecule has 0 amide bonds. The Morgan fingerprint density at radius 1 is 0.357 bits per heavy atom. The first-order valence-electron chi connectivity index (χ1n) is 12.0. The minimum absolute atomic E-state index is 0. The van der Waals surface area contributed by atoms with Crippen molar-refractivity contribution in [3.05, 3.63) is 146 Å². The molecular weight excluding hydrogens is 600 g/mol. The van der Waals surface area contributed by atoms with Crippen molar-refractivity contribution in [2.75, 3.05) is 0 Å². The minimum Gasteiger partial charge on any atom is -0.255 e. The molecule has 6 aromatic heterocycles. The fourth-order valence-electron chi connectivity index (χ4n) is 3.09. The molecule has 0 radical (unpaired) electrons. The molecule has 6 aromatic rings. The molecule has 0 aliphatic rings. The van der Waals surface area contributed by atoms with Gasteiger partial charge in [0.05, 0.1) is 49.1 Å². The predicted molar refractivity (Wildman–Crippen MR) is 145 cm³/mol. The Hall–Kier alpha value is -4.45. The molecule has 0 fully saturated rings. The fraction of sp³-hybridized carbons (Fsp3) is 0. The summed E-state index contributed by atoms with van der Waals surface area (Å²) in [6, 6.07) is 34.8. The van der Waals surface area contributed by atoms with Gasteiger partial charge in [0.15, 0.2) is 0 Å². The van der Waals surface area contributed by atoms with Crippen LogP contribution in [0, 0.1) is 10.2 Å². The number of hydrogen-bond donors (Lipinski definition) is 1. The van der Waals surface area contributed by atoms with Crippen LogP contribution in [-0.4, -0.2) is 34.6 Å². The average Bonchev–Trinajstić information content (AvgIpc) is 3.04. The molecule has 0 atom stereocenters. The van der Waals surface area contributed by atoms with Crippen LogP contribution in [0.15, 0.2) is 146 Å². The van der Waals surface area contributed by atoms with E-state index in [0.29, 0.717) is 0 Å². The molecule has 0 aliphatic heterocycles. The first-order valence-corrected chi connectivity index (χ1v) is 13.3. The quantitative estimate of drug-likeness (QED) is 0.289. The van der Waals surface area contributed by atoms with Crippen LogP contribution in [0.3, 0.4) is 0 Å². The van der Waals surface area contributed by atoms with Gasteiger partial charge in [-0.1, -0.05) is 36.4 Å². The van der Waals surface area contributed by atoms with E-state index in [1.54, 1.807) is 37.2 Å². The van der Waals surface area contributed by atoms with Crippen LogP contribution in [0.5, 0.6) is 0 Å². The Labute approximate surface area is 255 Å². The molecular formula is C30H25ClFeN6O4. The SMILES string of the molecule is [Fe].[O-][Cl+3]([O-])([O-])O.c1ccc(-c2ccccn2)nc1.c1ccc(-c2ccccn2)nc1.c1ccc(-c2ccccn2)nc1. The van der Waals surface area contributed by atoms with Gasteiger partial charge in [0.25, 0.3) is 0 Å². The van der Waals surface area contributed by atoms with Crippen LogP contribution in [0.1, 0.15) is 0 Å². The Kier molecular flexibility index (Phi) is 15.1. The summed E-state index contributed by atoms with van der Waals surface area (Å²) in [5.74, 6) is 0. The summed E-state index contributed by atoms with van der Waals surface area (Å²) < 4.78 is 32.7. The van der Waals surface area contributed by atoms with E-state index in [0.717, 1.165) is 34.2 Å². The van der Waals surface area contributed by atoms with Crippen molar-refractivity contribution in [3.63, 3.8) is 0 Å². The zero-order valence-electron chi connectivity index (χ0n) is 21.9. The molecule has 6 rings (SSSR count). The molecule has 12 heteroatoms. The zero-order chi connectivity index (χ0) is 29.2. The standard InChI is InChI=1S/3C10H8N2.ClHO4.Fe/c3*1-3-7-11-9(5-1)10-6-2-4-8-12-10;2-1(3,4)5;/h3*1-8H;(H,2,3,4,5);. The number of aromatic nitrogens is 6. The summed E-state index contributed by atoms with van der Waals surface area (Å²) in [5.41, 5.74) is 5.49. The molecule has 1 N–H and O–H groups in total. The fourth-order valence-corrected chi connectivity index (χ4v) is 3.09. The van der Waals surface area contributed by atoms with E-state index in [1.807, 2.05) is 109 Å². The van der Waals surface area contributed by atoms with E-state index in [4.69, 9.17) is 18.6 Å². The molecule has 0 unspecified atom stereocenters. The van der Waals surface area contributed by atoms with Gasteiger partial charge in [-0.15, -0.1) is 0 Å². The molecule has 42 heavy (non-hydrogen) atoms. The molecule has 10 nitrogen and oxygen atoms in total. The molecule has 0 aromatic carbocycles. The third-order valence-electron chi connectivity index (χ3n) is 4.78. The van der Waals surface area contributed by atoms with Gasteiger partial charge < -0.3 is 0 Å². The first kappa shape index (κ1) is 33.8. The monoisotopic (exact) mass is 624 g/mol. The average molecular weight is 625 g/mol. The maximum absolute atomic E-state index is 8.60. The number of halogens is 1. The normalized spacial score (nSPS) is 9.71. The minimum atomic E-state index is -4.69. The van der Waals surface area contributed by atoms with Crippen molar-refractivity contribution in [3.8, 4) is 34.2 Å². The second-order valence-electron chi connectivity index (χ2n) is 7.69. The van der Waals surface area contributed by atoms with Gasteiger partial charge in [0.2, 0.25) is 0 Å². The van der Waals surface area contributed by atoms with Crippen LogP contribution in [0.2, 0.25) is 0 Å². The zero-order valence-corrected chi connectivity index (χ0v) is 23.8. The molecule has 6 heterocycles. The summed E-state index contributed by atoms with van der Waals surface area (Å²) in [5, 5.41) is 0. The Morgan fingerprint density at radius 2 is 0.500 bits per heavy atom. The van der Waals surface area contributed by atoms with E-state index >= 15 is 0 Å². The van der Waals surface area contributed by atoms with E-state index < -0.39 is 10.2 Å². The van der Waals surface area contributed by atoms with Gasteiger partial charge in [-0.05, 0) is 72.8 Å². The summed E-state index contributed by atoms with van der Waals surface area (Å²) in [6.07, 6.45) is 10.6. The number of hydrogen-bond acceptors (Lipinski definition) is 10. The Balaban J connectivity index is 0.000000202. The van der Waals surface area contributed by atoms with Crippen molar-refractivity contribution in [2.24, 2.45) is 0 Å². The van der Waals surface area contributed by atoms with Crippen molar-refractivity contribution < 1.29 is 45.9 Å². The summed E-state index contributed by atoms with van der Waals surface area (Å²) in [4.78, 5) is 25.1. The van der Waals surface area contributed by atoms with Crippen molar-refractivity contribution >= 4 is 0 Å². The summed E-state index contributed by atoms with van der Waals surface area (Å²) in [7, 11) is -4.69. The second-order valence-corrected chi connectivity index (χ2v) is 8.48. The van der Waals surface area contributed by atoms with Crippen LogP contribution >= 0.6 is 0 Å². The van der Waals surface area contributed by atoms with Crippen LogP contribution in [0.25, 0.3) is 34.2 Å². The van der Waals surface area contributed by atoms with Gasteiger partial charge in [0, 0.05) is 54.2 Å². The van der Waals surface area contributed by atoms with E-state index in [9.17, 15) is 0 Å². The summed E-state index contributed by atoms with van der Waals surface area (Å²) >= 11 is 0. The Bertz CT molecular complexity index is 1210. The van der Waals surface area contributed by atoms with Crippen LogP contribution < -0.4 is 14.0 Å². The number of pyridine rings is 6. The van der Waals surface area contributed by atoms with Crippen LogP contribution in [-0.2, 0) is 17.1 Å².